The molecule has 0 saturated heterocycles. The highest BCUT2D eigenvalue weighted by atomic mass is 15.0. The van der Waals surface area contributed by atoms with Gasteiger partial charge in [0.05, 0.1) is 10.9 Å². The second-order valence-electron chi connectivity index (χ2n) is 7.73. The quantitative estimate of drug-likeness (QED) is 0.412. The van der Waals surface area contributed by atoms with Gasteiger partial charge in [-0.3, -0.25) is 0 Å². The third-order valence-electron chi connectivity index (χ3n) is 6.08. The second kappa shape index (κ2) is 5.17. The number of fused-ring (bicyclic) bond motifs is 5. The van der Waals surface area contributed by atoms with Gasteiger partial charge in [0.1, 0.15) is 0 Å². The lowest BCUT2D eigenvalue weighted by molar-refractivity contribution is -0.671. The largest absolute Gasteiger partial charge is 0.221 e. The molecule has 3 aromatic rings. The summed E-state index contributed by atoms with van der Waals surface area (Å²) in [4.78, 5) is 0. The third kappa shape index (κ3) is 2.04. The van der Waals surface area contributed by atoms with Crippen LogP contribution in [0.1, 0.15) is 53.9 Å². The minimum atomic E-state index is 0.784. The highest BCUT2D eigenvalue weighted by Crippen LogP contribution is 2.38. The van der Waals surface area contributed by atoms with Crippen molar-refractivity contribution in [2.45, 2.75) is 52.0 Å². The Hall–Kier alpha value is -2.15. The van der Waals surface area contributed by atoms with Crippen LogP contribution in [0.25, 0.3) is 22.0 Å². The van der Waals surface area contributed by atoms with Crippen molar-refractivity contribution in [3.63, 3.8) is 0 Å². The number of aryl methyl sites for hydroxylation is 2. The fourth-order valence-corrected chi connectivity index (χ4v) is 4.87. The maximum absolute atomic E-state index is 2.45. The Morgan fingerprint density at radius 3 is 2.62 bits per heavy atom. The lowest BCUT2D eigenvalue weighted by Gasteiger charge is -2.11. The van der Waals surface area contributed by atoms with Crippen LogP contribution in [0.4, 0.5) is 0 Å². The summed E-state index contributed by atoms with van der Waals surface area (Å²) in [6.45, 7) is 5.47. The van der Waals surface area contributed by atoms with E-state index < -0.39 is 0 Å². The van der Waals surface area contributed by atoms with Gasteiger partial charge >= 0.3 is 0 Å². The summed E-state index contributed by atoms with van der Waals surface area (Å²) in [5.41, 5.74) is 8.67. The summed E-state index contributed by atoms with van der Waals surface area (Å²) in [6, 6.07) is 14.2. The molecular weight excluding hydrogens is 290 g/mol. The smallest absolute Gasteiger partial charge is 0.193 e. The highest BCUT2D eigenvalue weighted by molar-refractivity contribution is 5.95. The molecular formula is C23H24N+. The Morgan fingerprint density at radius 2 is 1.79 bits per heavy atom. The minimum Gasteiger partial charge on any atom is -0.193 e. The van der Waals surface area contributed by atoms with Gasteiger partial charge in [0.25, 0.3) is 0 Å². The SMILES string of the molecule is Cc1cc(C)c2c(c1)-c1c3ccc(C4CCCC4)cc3cc[n+]1C2. The minimum absolute atomic E-state index is 0.784. The van der Waals surface area contributed by atoms with Gasteiger partial charge in [-0.15, -0.1) is 0 Å². The average Bonchev–Trinajstić information content (AvgIpc) is 3.22. The normalized spacial score (nSPS) is 16.6. The van der Waals surface area contributed by atoms with Crippen molar-refractivity contribution in [3.05, 3.63) is 64.8 Å². The van der Waals surface area contributed by atoms with Crippen LogP contribution in [0.2, 0.25) is 0 Å². The van der Waals surface area contributed by atoms with E-state index in [9.17, 15) is 0 Å². The molecule has 0 unspecified atom stereocenters. The Labute approximate surface area is 144 Å². The predicted molar refractivity (Wildman–Crippen MR) is 99.4 cm³/mol. The first kappa shape index (κ1) is 14.2. The van der Waals surface area contributed by atoms with Gasteiger partial charge < -0.3 is 0 Å². The van der Waals surface area contributed by atoms with Crippen molar-refractivity contribution in [3.8, 4) is 11.3 Å². The number of hydrogen-bond acceptors (Lipinski definition) is 0. The molecule has 24 heavy (non-hydrogen) atoms. The molecule has 1 aromatic heterocycles. The summed E-state index contributed by atoms with van der Waals surface area (Å²) in [6.07, 6.45) is 7.81. The van der Waals surface area contributed by atoms with Gasteiger partial charge in [-0.2, -0.15) is 4.57 Å². The zero-order chi connectivity index (χ0) is 16.3. The fraction of sp³-hybridized carbons (Fsp3) is 0.348. The molecule has 1 heteroatoms. The van der Waals surface area contributed by atoms with Crippen molar-refractivity contribution in [2.75, 3.05) is 0 Å². The van der Waals surface area contributed by atoms with E-state index in [0.29, 0.717) is 0 Å². The number of nitrogens with zero attached hydrogens (tertiary/aromatic N) is 1. The molecule has 2 aliphatic rings. The van der Waals surface area contributed by atoms with Crippen molar-refractivity contribution in [1.29, 1.82) is 0 Å². The number of pyridine rings is 1. The van der Waals surface area contributed by atoms with Crippen molar-refractivity contribution < 1.29 is 4.57 Å². The molecule has 1 aliphatic heterocycles. The Kier molecular flexibility index (Phi) is 3.06. The van der Waals surface area contributed by atoms with Crippen LogP contribution in [0, 0.1) is 13.8 Å². The van der Waals surface area contributed by atoms with E-state index in [0.717, 1.165) is 12.5 Å². The van der Waals surface area contributed by atoms with Gasteiger partial charge in [0.15, 0.2) is 12.7 Å². The standard InChI is InChI=1S/C23H24N/c1-15-11-16(2)22-14-24-10-9-19-13-18(17-5-3-4-6-17)7-8-20(19)23(24)21(22)12-15/h7-13,17H,3-6,14H2,1-2H3/q+1. The van der Waals surface area contributed by atoms with Gasteiger partial charge in [-0.1, -0.05) is 31.0 Å². The first-order valence-electron chi connectivity index (χ1n) is 9.27. The van der Waals surface area contributed by atoms with Crippen LogP contribution >= 0.6 is 0 Å². The van der Waals surface area contributed by atoms with Gasteiger partial charge in [-0.25, -0.2) is 0 Å². The van der Waals surface area contributed by atoms with E-state index in [-0.39, 0.29) is 0 Å². The lowest BCUT2D eigenvalue weighted by atomic mass is 9.93. The maximum atomic E-state index is 2.45. The zero-order valence-corrected chi connectivity index (χ0v) is 14.6. The summed E-state index contributed by atoms with van der Waals surface area (Å²) in [5.74, 6) is 0.784. The summed E-state index contributed by atoms with van der Waals surface area (Å²) in [5, 5.41) is 2.81. The van der Waals surface area contributed by atoms with Crippen LogP contribution < -0.4 is 4.57 Å². The first-order valence-corrected chi connectivity index (χ1v) is 9.27. The van der Waals surface area contributed by atoms with Gasteiger partial charge in [0.2, 0.25) is 5.69 Å². The Bertz CT molecular complexity index is 961. The topological polar surface area (TPSA) is 3.88 Å². The summed E-state index contributed by atoms with van der Waals surface area (Å²) in [7, 11) is 0. The molecule has 0 N–H and O–H groups in total. The molecule has 2 heterocycles. The molecule has 2 aromatic carbocycles. The molecule has 0 radical (unpaired) electrons. The molecule has 1 aliphatic carbocycles. The average molecular weight is 314 g/mol. The lowest BCUT2D eigenvalue weighted by Crippen LogP contribution is -2.31. The molecule has 1 fully saturated rings. The predicted octanol–water partition coefficient (Wildman–Crippen LogP) is 5.43. The Morgan fingerprint density at radius 1 is 0.958 bits per heavy atom. The molecule has 0 spiro atoms. The van der Waals surface area contributed by atoms with Crippen LogP contribution in [-0.4, -0.2) is 0 Å². The zero-order valence-electron chi connectivity index (χ0n) is 14.6. The second-order valence-corrected chi connectivity index (χ2v) is 7.73. The van der Waals surface area contributed by atoms with Crippen molar-refractivity contribution in [1.82, 2.24) is 0 Å². The van der Waals surface area contributed by atoms with E-state index in [1.165, 1.54) is 64.4 Å². The van der Waals surface area contributed by atoms with E-state index in [4.69, 9.17) is 0 Å². The Balaban J connectivity index is 1.72. The van der Waals surface area contributed by atoms with E-state index >= 15 is 0 Å². The number of rotatable bonds is 1. The molecule has 0 atom stereocenters. The molecule has 1 nitrogen and oxygen atoms in total. The fourth-order valence-electron chi connectivity index (χ4n) is 4.87. The first-order chi connectivity index (χ1) is 11.7. The number of aromatic nitrogens is 1. The molecule has 0 bridgehead atoms. The van der Waals surface area contributed by atoms with E-state index in [1.54, 1.807) is 5.56 Å². The van der Waals surface area contributed by atoms with Crippen molar-refractivity contribution >= 4 is 10.8 Å². The molecule has 0 amide bonds. The number of hydrogen-bond donors (Lipinski definition) is 0. The van der Waals surface area contributed by atoms with Crippen molar-refractivity contribution in [2.24, 2.45) is 0 Å². The number of benzene rings is 2. The van der Waals surface area contributed by atoms with Crippen LogP contribution in [0.5, 0.6) is 0 Å². The molecule has 5 rings (SSSR count). The van der Waals surface area contributed by atoms with E-state index in [1.807, 2.05) is 0 Å². The van der Waals surface area contributed by atoms with Gasteiger partial charge in [0, 0.05) is 11.6 Å². The molecule has 1 saturated carbocycles. The van der Waals surface area contributed by atoms with Crippen LogP contribution in [0.3, 0.4) is 0 Å². The van der Waals surface area contributed by atoms with Crippen LogP contribution in [-0.2, 0) is 6.54 Å². The third-order valence-corrected chi connectivity index (χ3v) is 6.08. The summed E-state index contributed by atoms with van der Waals surface area (Å²) >= 11 is 0. The monoisotopic (exact) mass is 314 g/mol. The van der Waals surface area contributed by atoms with Gasteiger partial charge in [-0.05, 0) is 66.8 Å². The maximum Gasteiger partial charge on any atom is 0.221 e. The molecule has 120 valence electrons. The van der Waals surface area contributed by atoms with Crippen LogP contribution in [0.15, 0.2) is 42.6 Å². The highest BCUT2D eigenvalue weighted by Gasteiger charge is 2.30. The summed E-state index contributed by atoms with van der Waals surface area (Å²) < 4.78 is 2.43. The van der Waals surface area contributed by atoms with E-state index in [2.05, 4.69) is 61.0 Å².